The number of carbonyl (C=O) groups is 1. The number of aromatic nitrogens is 6. The van der Waals surface area contributed by atoms with Gasteiger partial charge in [-0.25, -0.2) is 9.89 Å². The van der Waals surface area contributed by atoms with E-state index in [4.69, 9.17) is 5.11 Å². The van der Waals surface area contributed by atoms with Crippen LogP contribution in [0.5, 0.6) is 11.5 Å². The van der Waals surface area contributed by atoms with E-state index in [1.54, 1.807) is 0 Å². The third-order valence-electron chi connectivity index (χ3n) is 7.44. The highest BCUT2D eigenvalue weighted by molar-refractivity contribution is 7.87. The third-order valence-corrected chi connectivity index (χ3v) is 12.6. The predicted molar refractivity (Wildman–Crippen MR) is 198 cm³/mol. The largest absolute Gasteiger partial charge is 0.505 e. The fourth-order valence-corrected chi connectivity index (χ4v) is 9.02. The van der Waals surface area contributed by atoms with Crippen molar-refractivity contribution < 1.29 is 97.9 Å². The Hall–Kier alpha value is -6.59. The summed E-state index contributed by atoms with van der Waals surface area (Å²) >= 11 is 0. The van der Waals surface area contributed by atoms with E-state index in [1.165, 1.54) is 0 Å². The highest BCUT2D eigenvalue weighted by Crippen LogP contribution is 2.46. The number of carboxylic acid groups (broad SMARTS) is 1. The van der Waals surface area contributed by atoms with Crippen LogP contribution >= 0.6 is 0 Å². The summed E-state index contributed by atoms with van der Waals surface area (Å²) in [4.78, 5) is 10.8. The van der Waals surface area contributed by atoms with Gasteiger partial charge in [0.05, 0.1) is 9.79 Å². The summed E-state index contributed by atoms with van der Waals surface area (Å²) in [6.45, 7) is 0. The standard InChI is InChI=1S/C13H9N5O12S3.C12H9N5O10S3/c19-10-8-4(1-5(31(22,23)24)3-6(8)32(25,26)27)2-7(33(28,29)30)9(10)15-17-13-14-11(12(20)21)16-18-13;18-11-9-5(1-6(28(19,20)21)3-7(9)29(22,23)24)2-8(30(25,26)27)10(11)15-17-12-13-4-14-16-12/h1-3,19H,(H,20,21)(H,14,16,18)(H,22,23,24)(H,25,26,27)(H,28,29,30);1-4,18H,(H,13,14,16)(H,19,20,21)(H,22,23,24)(H,25,26,27). The molecule has 2 heterocycles. The van der Waals surface area contributed by atoms with Gasteiger partial charge in [0.15, 0.2) is 11.5 Å². The van der Waals surface area contributed by atoms with Crippen molar-refractivity contribution in [2.45, 2.75) is 29.4 Å². The summed E-state index contributed by atoms with van der Waals surface area (Å²) in [6.07, 6.45) is 1.02. The molecule has 0 fully saturated rings. The van der Waals surface area contributed by atoms with Crippen LogP contribution in [0.3, 0.4) is 0 Å². The summed E-state index contributed by atoms with van der Waals surface area (Å²) < 4.78 is 196. The molecule has 6 rings (SSSR count). The van der Waals surface area contributed by atoms with Crippen molar-refractivity contribution in [2.24, 2.45) is 20.5 Å². The van der Waals surface area contributed by atoms with Gasteiger partial charge in [-0.1, -0.05) is 0 Å². The van der Waals surface area contributed by atoms with Crippen molar-refractivity contribution >= 4 is 111 Å². The molecule has 4 aromatic carbocycles. The lowest BCUT2D eigenvalue weighted by molar-refractivity contribution is 0.0683. The molecule has 0 saturated carbocycles. The van der Waals surface area contributed by atoms with Gasteiger partial charge in [-0.15, -0.1) is 25.6 Å². The van der Waals surface area contributed by atoms with Crippen LogP contribution in [0.4, 0.5) is 23.3 Å². The van der Waals surface area contributed by atoms with Gasteiger partial charge in [-0.05, 0) is 47.2 Å². The van der Waals surface area contributed by atoms with Crippen molar-refractivity contribution in [3.63, 3.8) is 0 Å². The zero-order valence-corrected chi connectivity index (χ0v) is 34.3. The van der Waals surface area contributed by atoms with Crippen molar-refractivity contribution in [3.05, 3.63) is 48.5 Å². The second-order valence-corrected chi connectivity index (χ2v) is 19.9. The van der Waals surface area contributed by atoms with Gasteiger partial charge >= 0.3 is 5.97 Å². The topological polar surface area (TPSA) is 537 Å². The quantitative estimate of drug-likeness (QED) is 0.0644. The van der Waals surface area contributed by atoms with E-state index in [-0.39, 0.29) is 12.0 Å². The SMILES string of the molecule is O=C(O)c1nc(N=Nc2c(S(=O)(=O)O)cc3cc(S(=O)(=O)O)cc(S(=O)(=O)O)c3c2O)n[nH]1.O=S(=O)(O)c1cc(S(=O)(=O)O)c2c(O)c(N=Nc3ncn[nH]3)c(S(=O)(=O)O)cc2c1. The molecular weight excluding hydrogens is 985 g/mol. The number of aromatic carboxylic acids is 1. The molecule has 63 heavy (non-hydrogen) atoms. The molecule has 0 amide bonds. The Bertz CT molecular complexity index is 3670. The number of rotatable bonds is 11. The van der Waals surface area contributed by atoms with Gasteiger partial charge in [-0.3, -0.25) is 32.4 Å². The number of H-pyrrole nitrogens is 2. The van der Waals surface area contributed by atoms with Gasteiger partial charge in [-0.2, -0.15) is 65.6 Å². The van der Waals surface area contributed by atoms with Crippen molar-refractivity contribution in [1.29, 1.82) is 0 Å². The second-order valence-electron chi connectivity index (χ2n) is 11.5. The molecular formula is C25H18N10O22S6. The molecule has 0 aliphatic carbocycles. The number of carboxylic acids is 1. The number of aromatic amines is 2. The van der Waals surface area contributed by atoms with E-state index >= 15 is 0 Å². The molecule has 0 aliphatic rings. The van der Waals surface area contributed by atoms with Crippen molar-refractivity contribution in [1.82, 2.24) is 30.4 Å². The van der Waals surface area contributed by atoms with Crippen molar-refractivity contribution in [3.8, 4) is 11.5 Å². The third kappa shape index (κ3) is 10.4. The van der Waals surface area contributed by atoms with Crippen LogP contribution in [-0.2, 0) is 60.7 Å². The second kappa shape index (κ2) is 16.3. The lowest BCUT2D eigenvalue weighted by Crippen LogP contribution is -2.06. The lowest BCUT2D eigenvalue weighted by Gasteiger charge is -2.12. The van der Waals surface area contributed by atoms with E-state index < -0.39 is 152 Å². The first-order valence-electron chi connectivity index (χ1n) is 15.1. The molecule has 0 spiro atoms. The molecule has 336 valence electrons. The van der Waals surface area contributed by atoms with Crippen LogP contribution in [-0.4, -0.2) is 129 Å². The van der Waals surface area contributed by atoms with Crippen LogP contribution < -0.4 is 0 Å². The van der Waals surface area contributed by atoms with Crippen LogP contribution in [0.2, 0.25) is 0 Å². The molecule has 0 bridgehead atoms. The molecule has 11 N–H and O–H groups in total. The van der Waals surface area contributed by atoms with Gasteiger partial charge in [0.25, 0.3) is 72.6 Å². The van der Waals surface area contributed by atoms with Crippen LogP contribution in [0.1, 0.15) is 10.6 Å². The highest BCUT2D eigenvalue weighted by Gasteiger charge is 2.30. The molecule has 38 heteroatoms. The minimum absolute atomic E-state index is 0.257. The average molecular weight is 1000 g/mol. The number of nitrogens with zero attached hydrogens (tertiary/aromatic N) is 8. The van der Waals surface area contributed by atoms with Gasteiger partial charge in [0, 0.05) is 10.8 Å². The van der Waals surface area contributed by atoms with E-state index in [0.29, 0.717) is 30.3 Å². The number of phenolic OH excluding ortho intramolecular Hbond substituents is 2. The Morgan fingerprint density at radius 1 is 0.524 bits per heavy atom. The number of fused-ring (bicyclic) bond motifs is 2. The highest BCUT2D eigenvalue weighted by atomic mass is 32.2. The smallest absolute Gasteiger partial charge is 0.373 e. The molecule has 2 aromatic heterocycles. The minimum Gasteiger partial charge on any atom is -0.505 e. The Kier molecular flexibility index (Phi) is 12.3. The number of benzene rings is 4. The van der Waals surface area contributed by atoms with E-state index in [9.17, 15) is 92.8 Å². The Morgan fingerprint density at radius 3 is 1.27 bits per heavy atom. The first-order chi connectivity index (χ1) is 28.7. The number of aromatic hydroxyl groups is 2. The van der Waals surface area contributed by atoms with Gasteiger partial charge in [0.1, 0.15) is 37.3 Å². The maximum atomic E-state index is 11.8. The Balaban J connectivity index is 0.000000239. The molecule has 0 saturated heterocycles. The summed E-state index contributed by atoms with van der Waals surface area (Å²) in [5, 5.41) is 51.4. The number of phenols is 2. The monoisotopic (exact) mass is 1000 g/mol. The number of azo groups is 2. The fourth-order valence-electron chi connectivity index (χ4n) is 4.97. The first kappa shape index (κ1) is 47.5. The van der Waals surface area contributed by atoms with E-state index in [1.807, 2.05) is 5.10 Å². The maximum Gasteiger partial charge on any atom is 0.373 e. The summed E-state index contributed by atoms with van der Waals surface area (Å²) in [6, 6.07) is 2.78. The van der Waals surface area contributed by atoms with Gasteiger partial charge < -0.3 is 15.3 Å². The van der Waals surface area contributed by atoms with Gasteiger partial charge in [0.2, 0.25) is 5.82 Å². The molecule has 32 nitrogen and oxygen atoms in total. The first-order valence-corrected chi connectivity index (χ1v) is 23.7. The Morgan fingerprint density at radius 2 is 0.937 bits per heavy atom. The van der Waals surface area contributed by atoms with Crippen LogP contribution in [0.25, 0.3) is 21.5 Å². The van der Waals surface area contributed by atoms with Crippen LogP contribution in [0.15, 0.2) is 92.6 Å². The zero-order valence-electron chi connectivity index (χ0n) is 29.4. The van der Waals surface area contributed by atoms with E-state index in [2.05, 4.69) is 45.7 Å². The predicted octanol–water partition coefficient (Wildman–Crippen LogP) is 1.34. The molecule has 0 aliphatic heterocycles. The average Bonchev–Trinajstić information content (AvgIpc) is 3.84. The zero-order chi connectivity index (χ0) is 47.4. The molecule has 0 atom stereocenters. The summed E-state index contributed by atoms with van der Waals surface area (Å²) in [5.74, 6) is -5.67. The Labute approximate surface area is 348 Å². The number of nitrogens with one attached hydrogen (secondary N) is 2. The fraction of sp³-hybridized carbons (Fsp3) is 0. The molecule has 0 unspecified atom stereocenters. The number of hydrogen-bond donors (Lipinski definition) is 11. The minimum atomic E-state index is -5.29. The normalized spacial score (nSPS) is 13.2. The van der Waals surface area contributed by atoms with Crippen LogP contribution in [0, 0.1) is 0 Å². The molecule has 6 aromatic rings. The summed E-state index contributed by atoms with van der Waals surface area (Å²) in [7, 11) is -30.9. The summed E-state index contributed by atoms with van der Waals surface area (Å²) in [5.41, 5.74) is -2.05. The van der Waals surface area contributed by atoms with Crippen molar-refractivity contribution in [2.75, 3.05) is 0 Å². The molecule has 0 radical (unpaired) electrons. The van der Waals surface area contributed by atoms with E-state index in [0.717, 1.165) is 6.33 Å². The maximum absolute atomic E-state index is 11.8. The lowest BCUT2D eigenvalue weighted by atomic mass is 10.1. The number of hydrogen-bond acceptors (Lipinski definition) is 23.